The third kappa shape index (κ3) is 3.91. The lowest BCUT2D eigenvalue weighted by atomic mass is 9.93. The number of hydrogen-bond acceptors (Lipinski definition) is 4. The third-order valence-electron chi connectivity index (χ3n) is 3.18. The number of rotatable bonds is 5. The number of ketones is 1. The highest BCUT2D eigenvalue weighted by Crippen LogP contribution is 2.25. The number of thiazole rings is 1. The minimum absolute atomic E-state index is 0.0465. The topological polar surface area (TPSA) is 39.2 Å². The van der Waals surface area contributed by atoms with E-state index in [1.807, 2.05) is 31.2 Å². The molecule has 0 unspecified atom stereocenters. The summed E-state index contributed by atoms with van der Waals surface area (Å²) >= 11 is 1.59. The number of carbonyl (C=O) groups is 1. The minimum atomic E-state index is 0.0465. The van der Waals surface area contributed by atoms with E-state index in [-0.39, 0.29) is 11.2 Å². The molecule has 0 bridgehead atoms. The van der Waals surface area contributed by atoms with Crippen LogP contribution in [0.2, 0.25) is 0 Å². The van der Waals surface area contributed by atoms with Gasteiger partial charge < -0.3 is 4.74 Å². The zero-order valence-electron chi connectivity index (χ0n) is 13.0. The number of aromatic nitrogens is 1. The molecule has 0 N–H and O–H groups in total. The second-order valence-corrected chi connectivity index (χ2v) is 6.88. The maximum absolute atomic E-state index is 11.9. The summed E-state index contributed by atoms with van der Waals surface area (Å²) in [6.07, 6.45) is 0.478. The molecule has 1 heterocycles. The largest absolute Gasteiger partial charge is 0.486 e. The van der Waals surface area contributed by atoms with Crippen LogP contribution in [-0.4, -0.2) is 10.8 Å². The molecule has 0 saturated heterocycles. The van der Waals surface area contributed by atoms with Crippen LogP contribution in [0, 0.1) is 0 Å². The molecule has 21 heavy (non-hydrogen) atoms. The molecule has 0 aliphatic heterocycles. The van der Waals surface area contributed by atoms with Gasteiger partial charge in [0.25, 0.3) is 0 Å². The Labute approximate surface area is 130 Å². The lowest BCUT2D eigenvalue weighted by molar-refractivity contribution is 0.0983. The van der Waals surface area contributed by atoms with Gasteiger partial charge in [-0.15, -0.1) is 11.3 Å². The average molecular weight is 303 g/mol. The summed E-state index contributed by atoms with van der Waals surface area (Å²) in [5.41, 5.74) is 1.77. The van der Waals surface area contributed by atoms with Crippen LogP contribution in [0.15, 0.2) is 29.6 Å². The van der Waals surface area contributed by atoms with Gasteiger partial charge in [-0.25, -0.2) is 4.98 Å². The maximum Gasteiger partial charge on any atom is 0.166 e. The van der Waals surface area contributed by atoms with E-state index in [0.29, 0.717) is 24.3 Å². The second-order valence-electron chi connectivity index (χ2n) is 5.94. The molecule has 0 atom stereocenters. The third-order valence-corrected chi connectivity index (χ3v) is 4.00. The smallest absolute Gasteiger partial charge is 0.166 e. The Balaban J connectivity index is 2.10. The first-order valence-electron chi connectivity index (χ1n) is 7.11. The predicted molar refractivity (Wildman–Crippen MR) is 86.2 cm³/mol. The summed E-state index contributed by atoms with van der Waals surface area (Å²) in [5, 5.41) is 3.00. The van der Waals surface area contributed by atoms with Crippen LogP contribution in [0.3, 0.4) is 0 Å². The van der Waals surface area contributed by atoms with Crippen molar-refractivity contribution < 1.29 is 9.53 Å². The minimum Gasteiger partial charge on any atom is -0.486 e. The summed E-state index contributed by atoms with van der Waals surface area (Å²) in [6, 6.07) is 7.38. The van der Waals surface area contributed by atoms with E-state index in [1.165, 1.54) is 0 Å². The van der Waals surface area contributed by atoms with Crippen molar-refractivity contribution >= 4 is 17.1 Å². The second kappa shape index (κ2) is 6.39. The molecule has 112 valence electrons. The quantitative estimate of drug-likeness (QED) is 0.757. The summed E-state index contributed by atoms with van der Waals surface area (Å²) in [7, 11) is 0. The van der Waals surface area contributed by atoms with Crippen LogP contribution in [-0.2, 0) is 12.0 Å². The fraction of sp³-hybridized carbons (Fsp3) is 0.412. The molecule has 4 heteroatoms. The Bertz CT molecular complexity index is 626. The standard InChI is InChI=1S/C17H21NO2S/c1-5-13(19)12-8-6-7-9-14(12)20-10-16-18-15(11-21-16)17(2,3)4/h6-9,11H,5,10H2,1-4H3. The molecule has 0 saturated carbocycles. The zero-order valence-corrected chi connectivity index (χ0v) is 13.8. The van der Waals surface area contributed by atoms with E-state index in [1.54, 1.807) is 11.3 Å². The summed E-state index contributed by atoms with van der Waals surface area (Å²) in [4.78, 5) is 16.5. The number of para-hydroxylation sites is 1. The van der Waals surface area contributed by atoms with Crippen molar-refractivity contribution in [3.63, 3.8) is 0 Å². The highest BCUT2D eigenvalue weighted by molar-refractivity contribution is 7.09. The summed E-state index contributed by atoms with van der Waals surface area (Å²) in [6.45, 7) is 8.68. The molecule has 0 fully saturated rings. The van der Waals surface area contributed by atoms with Crippen molar-refractivity contribution in [1.29, 1.82) is 0 Å². The molecule has 2 rings (SSSR count). The number of nitrogens with zero attached hydrogens (tertiary/aromatic N) is 1. The molecule has 1 aromatic carbocycles. The monoisotopic (exact) mass is 303 g/mol. The lowest BCUT2D eigenvalue weighted by Gasteiger charge is -2.14. The molecule has 0 spiro atoms. The normalized spacial score (nSPS) is 11.4. The number of benzene rings is 1. The fourth-order valence-corrected chi connectivity index (χ4v) is 2.81. The summed E-state index contributed by atoms with van der Waals surface area (Å²) in [5.74, 6) is 0.733. The number of hydrogen-bond donors (Lipinski definition) is 0. The molecule has 0 aliphatic carbocycles. The van der Waals surface area contributed by atoms with E-state index in [4.69, 9.17) is 4.74 Å². The van der Waals surface area contributed by atoms with Crippen LogP contribution in [0.4, 0.5) is 0 Å². The van der Waals surface area contributed by atoms with Crippen LogP contribution in [0.25, 0.3) is 0 Å². The van der Waals surface area contributed by atoms with Gasteiger partial charge in [0, 0.05) is 17.2 Å². The van der Waals surface area contributed by atoms with Crippen LogP contribution in [0.1, 0.15) is 55.2 Å². The Kier molecular flexibility index (Phi) is 4.78. The van der Waals surface area contributed by atoms with Crippen LogP contribution >= 0.6 is 11.3 Å². The molecule has 2 aromatic rings. The SMILES string of the molecule is CCC(=O)c1ccccc1OCc1nc(C(C)(C)C)cs1. The van der Waals surface area contributed by atoms with E-state index in [9.17, 15) is 4.79 Å². The van der Waals surface area contributed by atoms with Crippen LogP contribution in [0.5, 0.6) is 5.75 Å². The number of Topliss-reactive ketones (excluding diaryl/α,β-unsaturated/α-hetero) is 1. The first-order chi connectivity index (χ1) is 9.91. The number of carbonyl (C=O) groups excluding carboxylic acids is 1. The fourth-order valence-electron chi connectivity index (χ4n) is 1.87. The van der Waals surface area contributed by atoms with Gasteiger partial charge in [-0.05, 0) is 12.1 Å². The van der Waals surface area contributed by atoms with Crippen molar-refractivity contribution in [3.8, 4) is 5.75 Å². The van der Waals surface area contributed by atoms with Gasteiger partial charge >= 0.3 is 0 Å². The zero-order chi connectivity index (χ0) is 15.5. The molecule has 3 nitrogen and oxygen atoms in total. The molecule has 0 amide bonds. The van der Waals surface area contributed by atoms with Gasteiger partial charge in [-0.2, -0.15) is 0 Å². The van der Waals surface area contributed by atoms with Crippen molar-refractivity contribution in [3.05, 3.63) is 45.9 Å². The van der Waals surface area contributed by atoms with E-state index in [2.05, 4.69) is 31.1 Å². The first-order valence-corrected chi connectivity index (χ1v) is 7.99. The Morgan fingerprint density at radius 2 is 2.00 bits per heavy atom. The van der Waals surface area contributed by atoms with Gasteiger partial charge in [-0.1, -0.05) is 39.8 Å². The van der Waals surface area contributed by atoms with Gasteiger partial charge in [0.1, 0.15) is 17.4 Å². The first kappa shape index (κ1) is 15.7. The Hall–Kier alpha value is -1.68. The molecular weight excluding hydrogens is 282 g/mol. The van der Waals surface area contributed by atoms with Crippen molar-refractivity contribution in [1.82, 2.24) is 4.98 Å². The van der Waals surface area contributed by atoms with Gasteiger partial charge in [-0.3, -0.25) is 4.79 Å². The predicted octanol–water partition coefficient (Wildman–Crippen LogP) is 4.61. The highest BCUT2D eigenvalue weighted by Gasteiger charge is 2.18. The van der Waals surface area contributed by atoms with Gasteiger partial charge in [0.15, 0.2) is 5.78 Å². The molecule has 0 aliphatic rings. The Morgan fingerprint density at radius 1 is 1.29 bits per heavy atom. The Morgan fingerprint density at radius 3 is 2.62 bits per heavy atom. The molecule has 0 radical (unpaired) electrons. The van der Waals surface area contributed by atoms with E-state index in [0.717, 1.165) is 10.7 Å². The van der Waals surface area contributed by atoms with Gasteiger partial charge in [0.05, 0.1) is 11.3 Å². The lowest BCUT2D eigenvalue weighted by Crippen LogP contribution is -2.11. The maximum atomic E-state index is 11.9. The van der Waals surface area contributed by atoms with Crippen molar-refractivity contribution in [2.75, 3.05) is 0 Å². The van der Waals surface area contributed by atoms with E-state index < -0.39 is 0 Å². The highest BCUT2D eigenvalue weighted by atomic mass is 32.1. The van der Waals surface area contributed by atoms with Gasteiger partial charge in [0.2, 0.25) is 0 Å². The average Bonchev–Trinajstić information content (AvgIpc) is 2.93. The molecular formula is C17H21NO2S. The van der Waals surface area contributed by atoms with Crippen LogP contribution < -0.4 is 4.74 Å². The number of ether oxygens (including phenoxy) is 1. The summed E-state index contributed by atoms with van der Waals surface area (Å²) < 4.78 is 5.80. The van der Waals surface area contributed by atoms with E-state index >= 15 is 0 Å². The van der Waals surface area contributed by atoms with Crippen molar-refractivity contribution in [2.45, 2.75) is 46.1 Å². The van der Waals surface area contributed by atoms with Crippen molar-refractivity contribution in [2.24, 2.45) is 0 Å². The molecule has 1 aromatic heterocycles.